The number of morpholine rings is 1. The van der Waals surface area contributed by atoms with E-state index in [4.69, 9.17) is 9.47 Å². The first-order valence-electron chi connectivity index (χ1n) is 6.87. The number of imidazole rings is 1. The molecule has 2 saturated heterocycles. The first-order valence-corrected chi connectivity index (χ1v) is 6.87. The molecule has 5 heteroatoms. The Morgan fingerprint density at radius 2 is 2.33 bits per heavy atom. The zero-order valence-corrected chi connectivity index (χ0v) is 10.7. The zero-order chi connectivity index (χ0) is 12.2. The molecule has 0 aromatic carbocycles. The van der Waals surface area contributed by atoms with Crippen LogP contribution in [0.3, 0.4) is 0 Å². The standard InChI is InChI=1S/C13H21N3O2/c1-2-5-17-11(3-1)9-16-10-15-7-12(16)13-8-14-4-6-18-13/h7,10-11,13-14H,1-6,8-9H2. The fraction of sp³-hybridized carbons (Fsp3) is 0.769. The van der Waals surface area contributed by atoms with E-state index in [2.05, 4.69) is 14.9 Å². The van der Waals surface area contributed by atoms with Gasteiger partial charge in [0.1, 0.15) is 6.10 Å². The van der Waals surface area contributed by atoms with E-state index in [1.165, 1.54) is 12.8 Å². The van der Waals surface area contributed by atoms with Crippen molar-refractivity contribution >= 4 is 0 Å². The molecule has 18 heavy (non-hydrogen) atoms. The number of hydrogen-bond donors (Lipinski definition) is 1. The predicted molar refractivity (Wildman–Crippen MR) is 67.4 cm³/mol. The average Bonchev–Trinajstić information content (AvgIpc) is 2.89. The Kier molecular flexibility index (Phi) is 3.93. The topological polar surface area (TPSA) is 48.3 Å². The molecule has 0 bridgehead atoms. The Balaban J connectivity index is 1.66. The van der Waals surface area contributed by atoms with Gasteiger partial charge in [0, 0.05) is 19.7 Å². The van der Waals surface area contributed by atoms with E-state index >= 15 is 0 Å². The van der Waals surface area contributed by atoms with Crippen molar-refractivity contribution in [3.8, 4) is 0 Å². The van der Waals surface area contributed by atoms with Crippen LogP contribution in [0.1, 0.15) is 31.1 Å². The van der Waals surface area contributed by atoms with Crippen molar-refractivity contribution in [2.75, 3.05) is 26.3 Å². The Morgan fingerprint density at radius 3 is 3.11 bits per heavy atom. The predicted octanol–water partition coefficient (Wildman–Crippen LogP) is 1.11. The summed E-state index contributed by atoms with van der Waals surface area (Å²) in [6.45, 7) is 4.38. The molecule has 0 spiro atoms. The monoisotopic (exact) mass is 251 g/mol. The van der Waals surface area contributed by atoms with Crippen molar-refractivity contribution in [3.63, 3.8) is 0 Å². The van der Waals surface area contributed by atoms with Gasteiger partial charge in [0.05, 0.1) is 37.5 Å². The Hall–Kier alpha value is -0.910. The molecule has 0 amide bonds. The minimum Gasteiger partial charge on any atom is -0.376 e. The number of hydrogen-bond acceptors (Lipinski definition) is 4. The number of nitrogens with one attached hydrogen (secondary N) is 1. The van der Waals surface area contributed by atoms with Gasteiger partial charge in [-0.15, -0.1) is 0 Å². The lowest BCUT2D eigenvalue weighted by Crippen LogP contribution is -2.35. The van der Waals surface area contributed by atoms with E-state index in [0.29, 0.717) is 6.10 Å². The highest BCUT2D eigenvalue weighted by Crippen LogP contribution is 2.21. The largest absolute Gasteiger partial charge is 0.376 e. The van der Waals surface area contributed by atoms with E-state index in [1.54, 1.807) is 0 Å². The SMILES string of the molecule is c1ncn(CC2CCCCO2)c1C1CNCCO1. The maximum Gasteiger partial charge on any atom is 0.111 e. The lowest BCUT2D eigenvalue weighted by Gasteiger charge is -2.27. The minimum absolute atomic E-state index is 0.129. The normalized spacial score (nSPS) is 29.3. The summed E-state index contributed by atoms with van der Waals surface area (Å²) in [6, 6.07) is 0. The van der Waals surface area contributed by atoms with Gasteiger partial charge in [-0.25, -0.2) is 4.98 Å². The van der Waals surface area contributed by atoms with E-state index in [0.717, 1.165) is 45.0 Å². The lowest BCUT2D eigenvalue weighted by atomic mass is 10.1. The number of rotatable bonds is 3. The molecule has 2 unspecified atom stereocenters. The molecule has 0 radical (unpaired) electrons. The Morgan fingerprint density at radius 1 is 1.33 bits per heavy atom. The molecule has 0 aliphatic carbocycles. The van der Waals surface area contributed by atoms with Crippen molar-refractivity contribution < 1.29 is 9.47 Å². The third-order valence-electron chi connectivity index (χ3n) is 3.68. The van der Waals surface area contributed by atoms with Gasteiger partial charge in [0.15, 0.2) is 0 Å². The van der Waals surface area contributed by atoms with Gasteiger partial charge in [0.2, 0.25) is 0 Å². The molecule has 1 aromatic rings. The van der Waals surface area contributed by atoms with Crippen LogP contribution in [0, 0.1) is 0 Å². The van der Waals surface area contributed by atoms with Crippen molar-refractivity contribution in [1.82, 2.24) is 14.9 Å². The molecule has 5 nitrogen and oxygen atoms in total. The fourth-order valence-corrected chi connectivity index (χ4v) is 2.68. The quantitative estimate of drug-likeness (QED) is 0.874. The van der Waals surface area contributed by atoms with E-state index in [9.17, 15) is 0 Å². The zero-order valence-electron chi connectivity index (χ0n) is 10.7. The summed E-state index contributed by atoms with van der Waals surface area (Å²) in [4.78, 5) is 4.26. The molecule has 2 aliphatic rings. The van der Waals surface area contributed by atoms with Crippen LogP contribution in [0.4, 0.5) is 0 Å². The fourth-order valence-electron chi connectivity index (χ4n) is 2.68. The maximum atomic E-state index is 5.79. The van der Waals surface area contributed by atoms with Crippen LogP contribution in [-0.4, -0.2) is 42.0 Å². The van der Waals surface area contributed by atoms with Gasteiger partial charge in [-0.05, 0) is 19.3 Å². The molecule has 1 aromatic heterocycles. The van der Waals surface area contributed by atoms with Crippen LogP contribution in [0.5, 0.6) is 0 Å². The molecule has 2 fully saturated rings. The number of aromatic nitrogens is 2. The summed E-state index contributed by atoms with van der Waals surface area (Å²) in [5.74, 6) is 0. The van der Waals surface area contributed by atoms with E-state index in [-0.39, 0.29) is 6.10 Å². The Bertz CT molecular complexity index is 368. The van der Waals surface area contributed by atoms with Gasteiger partial charge in [-0.3, -0.25) is 0 Å². The van der Waals surface area contributed by atoms with Crippen LogP contribution >= 0.6 is 0 Å². The molecule has 1 N–H and O–H groups in total. The van der Waals surface area contributed by atoms with Crippen LogP contribution in [-0.2, 0) is 16.0 Å². The molecule has 0 saturated carbocycles. The average molecular weight is 251 g/mol. The molecular formula is C13H21N3O2. The highest BCUT2D eigenvalue weighted by atomic mass is 16.5. The first kappa shape index (κ1) is 12.1. The van der Waals surface area contributed by atoms with Gasteiger partial charge < -0.3 is 19.4 Å². The summed E-state index contributed by atoms with van der Waals surface area (Å²) in [5, 5.41) is 3.36. The lowest BCUT2D eigenvalue weighted by molar-refractivity contribution is -0.00112. The highest BCUT2D eigenvalue weighted by Gasteiger charge is 2.22. The van der Waals surface area contributed by atoms with Crippen molar-refractivity contribution in [1.29, 1.82) is 0 Å². The van der Waals surface area contributed by atoms with Gasteiger partial charge >= 0.3 is 0 Å². The smallest absolute Gasteiger partial charge is 0.111 e. The summed E-state index contributed by atoms with van der Waals surface area (Å²) in [7, 11) is 0. The second-order valence-corrected chi connectivity index (χ2v) is 5.02. The summed E-state index contributed by atoms with van der Waals surface area (Å²) in [5.41, 5.74) is 1.16. The number of ether oxygens (including phenoxy) is 2. The molecule has 3 heterocycles. The second-order valence-electron chi connectivity index (χ2n) is 5.02. The Labute approximate surface area is 107 Å². The van der Waals surface area contributed by atoms with Crippen molar-refractivity contribution in [2.45, 2.75) is 38.0 Å². The van der Waals surface area contributed by atoms with Crippen LogP contribution in [0.2, 0.25) is 0 Å². The van der Waals surface area contributed by atoms with Crippen LogP contribution < -0.4 is 5.32 Å². The summed E-state index contributed by atoms with van der Waals surface area (Å²) in [6.07, 6.45) is 7.90. The van der Waals surface area contributed by atoms with Crippen LogP contribution in [0.15, 0.2) is 12.5 Å². The van der Waals surface area contributed by atoms with Crippen molar-refractivity contribution in [2.24, 2.45) is 0 Å². The first-order chi connectivity index (χ1) is 8.93. The van der Waals surface area contributed by atoms with Gasteiger partial charge in [-0.2, -0.15) is 0 Å². The second kappa shape index (κ2) is 5.82. The summed E-state index contributed by atoms with van der Waals surface area (Å²) < 4.78 is 13.8. The van der Waals surface area contributed by atoms with E-state index in [1.807, 2.05) is 12.5 Å². The number of nitrogens with zero attached hydrogens (tertiary/aromatic N) is 2. The van der Waals surface area contributed by atoms with Gasteiger partial charge in [-0.1, -0.05) is 0 Å². The minimum atomic E-state index is 0.129. The van der Waals surface area contributed by atoms with Crippen molar-refractivity contribution in [3.05, 3.63) is 18.2 Å². The van der Waals surface area contributed by atoms with Crippen LogP contribution in [0.25, 0.3) is 0 Å². The third-order valence-corrected chi connectivity index (χ3v) is 3.68. The maximum absolute atomic E-state index is 5.79. The third kappa shape index (κ3) is 2.74. The van der Waals surface area contributed by atoms with E-state index < -0.39 is 0 Å². The molecule has 2 aliphatic heterocycles. The molecule has 100 valence electrons. The molecular weight excluding hydrogens is 230 g/mol. The molecule has 3 rings (SSSR count). The molecule has 2 atom stereocenters. The highest BCUT2D eigenvalue weighted by molar-refractivity contribution is 5.05. The van der Waals surface area contributed by atoms with Gasteiger partial charge in [0.25, 0.3) is 0 Å². The summed E-state index contributed by atoms with van der Waals surface area (Å²) >= 11 is 0.